The molecule has 0 saturated carbocycles. The van der Waals surface area contributed by atoms with E-state index in [9.17, 15) is 0 Å². The van der Waals surface area contributed by atoms with Crippen LogP contribution in [0.3, 0.4) is 0 Å². The van der Waals surface area contributed by atoms with Crippen molar-refractivity contribution in [2.75, 3.05) is 0 Å². The van der Waals surface area contributed by atoms with Gasteiger partial charge in [0.1, 0.15) is 5.75 Å². The van der Waals surface area contributed by atoms with Gasteiger partial charge < -0.3 is 4.74 Å². The molecule has 0 aliphatic rings. The molecule has 0 bridgehead atoms. The molecule has 3 heteroatoms. The van der Waals surface area contributed by atoms with Gasteiger partial charge in [0, 0.05) is 13.8 Å². The molecule has 1 N–H and O–H groups in total. The predicted octanol–water partition coefficient (Wildman–Crippen LogP) is 2.60. The fourth-order valence-corrected chi connectivity index (χ4v) is 0.909. The van der Waals surface area contributed by atoms with Crippen molar-refractivity contribution in [3.8, 4) is 5.75 Å². The number of rotatable bonds is 3. The summed E-state index contributed by atoms with van der Waals surface area (Å²) in [5.74, 6) is -0.334. The Morgan fingerprint density at radius 1 is 1.15 bits per heavy atom. The van der Waals surface area contributed by atoms with Gasteiger partial charge in [-0.05, 0) is 19.1 Å². The summed E-state index contributed by atoms with van der Waals surface area (Å²) in [5, 5.41) is 8.48. The van der Waals surface area contributed by atoms with Gasteiger partial charge in [-0.25, -0.2) is 5.26 Å². The van der Waals surface area contributed by atoms with Gasteiger partial charge in [-0.2, -0.15) is 4.89 Å². The fraction of sp³-hybridized carbons (Fsp3) is 0.400. The summed E-state index contributed by atoms with van der Waals surface area (Å²) in [6.45, 7) is 5.26. The molecular formula is C10H14O3. The zero-order valence-electron chi connectivity index (χ0n) is 8.07. The lowest BCUT2D eigenvalue weighted by Crippen LogP contribution is -2.30. The Labute approximate surface area is 77.8 Å². The van der Waals surface area contributed by atoms with Crippen molar-refractivity contribution in [2.45, 2.75) is 26.6 Å². The minimum atomic E-state index is -1.00. The van der Waals surface area contributed by atoms with Gasteiger partial charge in [0.15, 0.2) is 0 Å². The lowest BCUT2D eigenvalue weighted by Gasteiger charge is -2.22. The van der Waals surface area contributed by atoms with Gasteiger partial charge in [0.25, 0.3) is 0 Å². The van der Waals surface area contributed by atoms with Crippen molar-refractivity contribution in [1.82, 2.24) is 0 Å². The number of hydrogen-bond acceptors (Lipinski definition) is 3. The third-order valence-electron chi connectivity index (χ3n) is 1.60. The van der Waals surface area contributed by atoms with Gasteiger partial charge in [-0.15, -0.1) is 0 Å². The Kier molecular flexibility index (Phi) is 2.90. The van der Waals surface area contributed by atoms with Crippen LogP contribution in [0, 0.1) is 6.92 Å². The molecule has 0 heterocycles. The van der Waals surface area contributed by atoms with E-state index in [2.05, 4.69) is 4.89 Å². The first-order chi connectivity index (χ1) is 6.03. The zero-order valence-corrected chi connectivity index (χ0v) is 8.07. The molecule has 1 aromatic rings. The van der Waals surface area contributed by atoms with E-state index in [0.29, 0.717) is 5.75 Å². The van der Waals surface area contributed by atoms with Crippen molar-refractivity contribution in [3.63, 3.8) is 0 Å². The van der Waals surface area contributed by atoms with Crippen LogP contribution in [-0.2, 0) is 4.89 Å². The highest BCUT2D eigenvalue weighted by Gasteiger charge is 2.19. The Bertz CT molecular complexity index is 264. The van der Waals surface area contributed by atoms with Crippen LogP contribution in [0.1, 0.15) is 19.4 Å². The molecule has 0 saturated heterocycles. The fourth-order valence-electron chi connectivity index (χ4n) is 0.909. The van der Waals surface area contributed by atoms with E-state index in [0.717, 1.165) is 5.56 Å². The molecule has 0 radical (unpaired) electrons. The number of benzene rings is 1. The first-order valence-electron chi connectivity index (χ1n) is 4.12. The van der Waals surface area contributed by atoms with Crippen LogP contribution in [-0.4, -0.2) is 11.0 Å². The highest BCUT2D eigenvalue weighted by Crippen LogP contribution is 2.18. The van der Waals surface area contributed by atoms with Crippen LogP contribution in [0.25, 0.3) is 0 Å². The minimum Gasteiger partial charge on any atom is -0.460 e. The molecule has 72 valence electrons. The Balaban J connectivity index is 2.69. The highest BCUT2D eigenvalue weighted by atomic mass is 17.1. The summed E-state index contributed by atoms with van der Waals surface area (Å²) in [6.07, 6.45) is 0. The van der Waals surface area contributed by atoms with Crippen molar-refractivity contribution in [3.05, 3.63) is 29.8 Å². The molecule has 0 unspecified atom stereocenters. The summed E-state index contributed by atoms with van der Waals surface area (Å²) in [6, 6.07) is 7.53. The van der Waals surface area contributed by atoms with E-state index in [1.807, 2.05) is 31.2 Å². The number of aryl methyl sites for hydroxylation is 1. The first kappa shape index (κ1) is 10.0. The number of hydrogen-bond donors (Lipinski definition) is 1. The largest absolute Gasteiger partial charge is 0.460 e. The second-order valence-corrected chi connectivity index (χ2v) is 3.41. The molecule has 3 nitrogen and oxygen atoms in total. The van der Waals surface area contributed by atoms with Crippen molar-refractivity contribution in [2.24, 2.45) is 0 Å². The van der Waals surface area contributed by atoms with Crippen LogP contribution in [0.15, 0.2) is 24.3 Å². The Morgan fingerprint density at radius 2 is 1.69 bits per heavy atom. The smallest absolute Gasteiger partial charge is 0.235 e. The maximum atomic E-state index is 8.48. The van der Waals surface area contributed by atoms with Crippen LogP contribution in [0.2, 0.25) is 0 Å². The van der Waals surface area contributed by atoms with E-state index in [-0.39, 0.29) is 0 Å². The van der Waals surface area contributed by atoms with Crippen molar-refractivity contribution < 1.29 is 14.9 Å². The molecule has 0 aromatic heterocycles. The molecule has 0 amide bonds. The summed E-state index contributed by atoms with van der Waals surface area (Å²) >= 11 is 0. The van der Waals surface area contributed by atoms with Crippen molar-refractivity contribution >= 4 is 0 Å². The van der Waals surface area contributed by atoms with Crippen LogP contribution >= 0.6 is 0 Å². The second kappa shape index (κ2) is 3.77. The standard InChI is InChI=1S/C10H14O3/c1-8-4-6-9(7-5-8)12-10(2,3)13-11/h4-7,11H,1-3H3. The molecule has 13 heavy (non-hydrogen) atoms. The monoisotopic (exact) mass is 182 g/mol. The molecule has 0 aliphatic heterocycles. The molecule has 0 atom stereocenters. The third kappa shape index (κ3) is 3.05. The second-order valence-electron chi connectivity index (χ2n) is 3.41. The van der Waals surface area contributed by atoms with Gasteiger partial charge in [0.2, 0.25) is 5.79 Å². The summed E-state index contributed by atoms with van der Waals surface area (Å²) in [5.41, 5.74) is 1.16. The van der Waals surface area contributed by atoms with Crippen LogP contribution in [0.4, 0.5) is 0 Å². The average Bonchev–Trinajstić information content (AvgIpc) is 2.09. The molecule has 1 aromatic carbocycles. The maximum absolute atomic E-state index is 8.48. The highest BCUT2D eigenvalue weighted by molar-refractivity contribution is 5.26. The lowest BCUT2D eigenvalue weighted by atomic mass is 10.2. The summed E-state index contributed by atoms with van der Waals surface area (Å²) < 4.78 is 5.33. The first-order valence-corrected chi connectivity index (χ1v) is 4.12. The van der Waals surface area contributed by atoms with E-state index in [1.165, 1.54) is 0 Å². The van der Waals surface area contributed by atoms with E-state index < -0.39 is 5.79 Å². The molecule has 0 spiro atoms. The van der Waals surface area contributed by atoms with Gasteiger partial charge in [-0.1, -0.05) is 17.7 Å². The normalized spacial score (nSPS) is 11.4. The summed E-state index contributed by atoms with van der Waals surface area (Å²) in [4.78, 5) is 4.15. The van der Waals surface area contributed by atoms with Crippen LogP contribution in [0.5, 0.6) is 5.75 Å². The maximum Gasteiger partial charge on any atom is 0.235 e. The summed E-state index contributed by atoms with van der Waals surface area (Å²) in [7, 11) is 0. The zero-order chi connectivity index (χ0) is 9.90. The van der Waals surface area contributed by atoms with Crippen LogP contribution < -0.4 is 4.74 Å². The molecule has 1 rings (SSSR count). The topological polar surface area (TPSA) is 38.7 Å². The minimum absolute atomic E-state index is 0.671. The van der Waals surface area contributed by atoms with Gasteiger partial charge in [-0.3, -0.25) is 0 Å². The molecular weight excluding hydrogens is 168 g/mol. The SMILES string of the molecule is Cc1ccc(OC(C)(C)OO)cc1. The molecule has 0 aliphatic carbocycles. The Morgan fingerprint density at radius 3 is 2.15 bits per heavy atom. The molecule has 0 fully saturated rings. The quantitative estimate of drug-likeness (QED) is 0.443. The predicted molar refractivity (Wildman–Crippen MR) is 49.6 cm³/mol. The van der Waals surface area contributed by atoms with Gasteiger partial charge >= 0.3 is 0 Å². The Hall–Kier alpha value is -1.06. The van der Waals surface area contributed by atoms with E-state index in [4.69, 9.17) is 9.99 Å². The lowest BCUT2D eigenvalue weighted by molar-refractivity contribution is -0.368. The third-order valence-corrected chi connectivity index (χ3v) is 1.60. The van der Waals surface area contributed by atoms with Crippen molar-refractivity contribution in [1.29, 1.82) is 0 Å². The number of ether oxygens (including phenoxy) is 1. The van der Waals surface area contributed by atoms with E-state index in [1.54, 1.807) is 13.8 Å². The van der Waals surface area contributed by atoms with E-state index >= 15 is 0 Å². The van der Waals surface area contributed by atoms with Gasteiger partial charge in [0.05, 0.1) is 0 Å². The average molecular weight is 182 g/mol.